The number of benzene rings is 2. The van der Waals surface area contributed by atoms with Crippen LogP contribution in [0.1, 0.15) is 24.0 Å². The Morgan fingerprint density at radius 2 is 1.68 bits per heavy atom. The van der Waals surface area contributed by atoms with Crippen LogP contribution in [0.2, 0.25) is 0 Å². The largest absolute Gasteiger partial charge is 0.116 e. The van der Waals surface area contributed by atoms with Gasteiger partial charge < -0.3 is 0 Å². The lowest BCUT2D eigenvalue weighted by Gasteiger charge is -2.02. The van der Waals surface area contributed by atoms with Crippen molar-refractivity contribution in [1.82, 2.24) is 0 Å². The van der Waals surface area contributed by atoms with Crippen molar-refractivity contribution in [3.8, 4) is 0 Å². The summed E-state index contributed by atoms with van der Waals surface area (Å²) in [6, 6.07) is 18.9. The molecule has 1 aliphatic carbocycles. The molecule has 1 heteroatoms. The number of hydrogen-bond donors (Lipinski definition) is 0. The molecule has 2 aromatic carbocycles. The molecular formula is C18H15Br. The van der Waals surface area contributed by atoms with Crippen LogP contribution in [-0.2, 0) is 0 Å². The molecule has 0 radical (unpaired) electrons. The SMILES string of the molecule is Brc1ccc(C=C=C(c2ccccc2)C2CC2)cc1. The van der Waals surface area contributed by atoms with E-state index in [4.69, 9.17) is 0 Å². The fourth-order valence-corrected chi connectivity index (χ4v) is 2.41. The molecule has 94 valence electrons. The van der Waals surface area contributed by atoms with Gasteiger partial charge in [-0.1, -0.05) is 58.4 Å². The van der Waals surface area contributed by atoms with Crippen molar-refractivity contribution in [1.29, 1.82) is 0 Å². The van der Waals surface area contributed by atoms with E-state index < -0.39 is 0 Å². The summed E-state index contributed by atoms with van der Waals surface area (Å²) in [4.78, 5) is 0. The van der Waals surface area contributed by atoms with Crippen LogP contribution >= 0.6 is 15.9 Å². The Bertz CT molecular complexity index is 612. The maximum Gasteiger partial charge on any atom is 0.0175 e. The van der Waals surface area contributed by atoms with Crippen molar-refractivity contribution < 1.29 is 0 Å². The predicted molar refractivity (Wildman–Crippen MR) is 84.7 cm³/mol. The second-order valence-electron chi connectivity index (χ2n) is 4.89. The Hall–Kier alpha value is -1.56. The molecule has 1 aliphatic rings. The lowest BCUT2D eigenvalue weighted by molar-refractivity contribution is 1.15. The number of hydrogen-bond acceptors (Lipinski definition) is 0. The molecule has 0 N–H and O–H groups in total. The quantitative estimate of drug-likeness (QED) is 0.651. The molecule has 0 nitrogen and oxygen atoms in total. The van der Waals surface area contributed by atoms with Crippen LogP contribution in [0, 0.1) is 5.92 Å². The molecule has 0 aliphatic heterocycles. The molecule has 0 aromatic heterocycles. The summed E-state index contributed by atoms with van der Waals surface area (Å²) >= 11 is 3.46. The fourth-order valence-electron chi connectivity index (χ4n) is 2.15. The summed E-state index contributed by atoms with van der Waals surface area (Å²) in [5.41, 5.74) is 7.36. The second kappa shape index (κ2) is 5.61. The van der Waals surface area contributed by atoms with E-state index in [0.717, 1.165) is 4.47 Å². The van der Waals surface area contributed by atoms with E-state index in [0.29, 0.717) is 5.92 Å². The van der Waals surface area contributed by atoms with Gasteiger partial charge in [0.2, 0.25) is 0 Å². The van der Waals surface area contributed by atoms with E-state index in [9.17, 15) is 0 Å². The number of rotatable bonds is 3. The molecule has 0 heterocycles. The van der Waals surface area contributed by atoms with Gasteiger partial charge >= 0.3 is 0 Å². The number of allylic oxidation sites excluding steroid dienone is 1. The summed E-state index contributed by atoms with van der Waals surface area (Å²) < 4.78 is 1.11. The minimum Gasteiger partial charge on any atom is -0.116 e. The van der Waals surface area contributed by atoms with Crippen LogP contribution in [0.3, 0.4) is 0 Å². The molecule has 1 fully saturated rings. The monoisotopic (exact) mass is 310 g/mol. The molecular weight excluding hydrogens is 296 g/mol. The van der Waals surface area contributed by atoms with Crippen molar-refractivity contribution in [2.45, 2.75) is 12.8 Å². The van der Waals surface area contributed by atoms with Gasteiger partial charge in [-0.2, -0.15) is 0 Å². The van der Waals surface area contributed by atoms with Gasteiger partial charge in [-0.3, -0.25) is 0 Å². The molecule has 0 unspecified atom stereocenters. The van der Waals surface area contributed by atoms with Gasteiger partial charge in [0.15, 0.2) is 0 Å². The Morgan fingerprint density at radius 3 is 2.32 bits per heavy atom. The van der Waals surface area contributed by atoms with Crippen molar-refractivity contribution in [3.05, 3.63) is 75.9 Å². The maximum atomic E-state index is 3.51. The summed E-state index contributed by atoms with van der Waals surface area (Å²) in [6.07, 6.45) is 4.68. The molecule has 1 saturated carbocycles. The minimum atomic E-state index is 0.703. The van der Waals surface area contributed by atoms with E-state index in [1.807, 2.05) is 0 Å². The van der Waals surface area contributed by atoms with Gasteiger partial charge in [0.1, 0.15) is 0 Å². The minimum absolute atomic E-state index is 0.703. The lowest BCUT2D eigenvalue weighted by atomic mass is 10.0. The van der Waals surface area contributed by atoms with Crippen molar-refractivity contribution in [3.63, 3.8) is 0 Å². The highest BCUT2D eigenvalue weighted by molar-refractivity contribution is 9.10. The summed E-state index contributed by atoms with van der Waals surface area (Å²) in [5, 5.41) is 0. The van der Waals surface area contributed by atoms with Gasteiger partial charge in [-0.15, -0.1) is 5.73 Å². The van der Waals surface area contributed by atoms with Gasteiger partial charge in [0.05, 0.1) is 0 Å². The predicted octanol–water partition coefficient (Wildman–Crippen LogP) is 5.55. The fraction of sp³-hybridized carbons (Fsp3) is 0.167. The van der Waals surface area contributed by atoms with Gasteiger partial charge in [-0.25, -0.2) is 0 Å². The zero-order chi connectivity index (χ0) is 13.1. The Kier molecular flexibility index (Phi) is 3.68. The molecule has 19 heavy (non-hydrogen) atoms. The van der Waals surface area contributed by atoms with Gasteiger partial charge in [-0.05, 0) is 48.1 Å². The lowest BCUT2D eigenvalue weighted by Crippen LogP contribution is -1.84. The summed E-state index contributed by atoms with van der Waals surface area (Å²) in [6.45, 7) is 0. The Labute approximate surface area is 122 Å². The van der Waals surface area contributed by atoms with E-state index >= 15 is 0 Å². The van der Waals surface area contributed by atoms with E-state index in [-0.39, 0.29) is 0 Å². The molecule has 0 amide bonds. The zero-order valence-electron chi connectivity index (χ0n) is 10.6. The third kappa shape index (κ3) is 3.26. The maximum absolute atomic E-state index is 3.51. The molecule has 0 saturated heterocycles. The standard InChI is InChI=1S/C18H15Br/c19-17-11-6-14(7-12-17)8-13-18(16-9-10-16)15-4-2-1-3-5-15/h1-8,11-12,16H,9-10H2. The van der Waals surface area contributed by atoms with Crippen LogP contribution in [0.5, 0.6) is 0 Å². The number of halogens is 1. The molecule has 3 rings (SSSR count). The average molecular weight is 311 g/mol. The first-order valence-electron chi connectivity index (χ1n) is 6.60. The first kappa shape index (κ1) is 12.5. The summed E-state index contributed by atoms with van der Waals surface area (Å²) in [5.74, 6) is 0.703. The van der Waals surface area contributed by atoms with E-state index in [2.05, 4.69) is 82.3 Å². The van der Waals surface area contributed by atoms with Crippen LogP contribution in [0.15, 0.2) is 64.8 Å². The highest BCUT2D eigenvalue weighted by atomic mass is 79.9. The highest BCUT2D eigenvalue weighted by Crippen LogP contribution is 2.41. The van der Waals surface area contributed by atoms with Crippen molar-refractivity contribution >= 4 is 27.6 Å². The second-order valence-corrected chi connectivity index (χ2v) is 5.81. The van der Waals surface area contributed by atoms with Gasteiger partial charge in [0.25, 0.3) is 0 Å². The zero-order valence-corrected chi connectivity index (χ0v) is 12.2. The van der Waals surface area contributed by atoms with Gasteiger partial charge in [0, 0.05) is 10.0 Å². The molecule has 2 aromatic rings. The first-order valence-corrected chi connectivity index (χ1v) is 7.40. The smallest absolute Gasteiger partial charge is 0.0175 e. The highest BCUT2D eigenvalue weighted by Gasteiger charge is 2.26. The third-order valence-corrected chi connectivity index (χ3v) is 3.86. The average Bonchev–Trinajstić information content (AvgIpc) is 3.27. The van der Waals surface area contributed by atoms with Crippen molar-refractivity contribution in [2.24, 2.45) is 5.92 Å². The van der Waals surface area contributed by atoms with Crippen molar-refractivity contribution in [2.75, 3.05) is 0 Å². The van der Waals surface area contributed by atoms with Crippen LogP contribution in [0.4, 0.5) is 0 Å². The Balaban J connectivity index is 1.96. The summed E-state index contributed by atoms with van der Waals surface area (Å²) in [7, 11) is 0. The van der Waals surface area contributed by atoms with E-state index in [1.165, 1.54) is 29.5 Å². The van der Waals surface area contributed by atoms with Crippen LogP contribution in [-0.4, -0.2) is 0 Å². The Morgan fingerprint density at radius 1 is 1.00 bits per heavy atom. The van der Waals surface area contributed by atoms with E-state index in [1.54, 1.807) is 0 Å². The molecule has 0 spiro atoms. The van der Waals surface area contributed by atoms with Crippen LogP contribution < -0.4 is 0 Å². The van der Waals surface area contributed by atoms with Crippen LogP contribution in [0.25, 0.3) is 11.6 Å². The molecule has 0 bridgehead atoms. The normalized spacial score (nSPS) is 13.7. The molecule has 0 atom stereocenters. The first-order chi connectivity index (χ1) is 9.33. The topological polar surface area (TPSA) is 0 Å². The third-order valence-electron chi connectivity index (χ3n) is 3.33.